The van der Waals surface area contributed by atoms with E-state index in [0.29, 0.717) is 53.8 Å². The van der Waals surface area contributed by atoms with Crippen molar-refractivity contribution in [3.05, 3.63) is 60.7 Å². The summed E-state index contributed by atoms with van der Waals surface area (Å²) in [6.45, 7) is 8.75. The predicted molar refractivity (Wildman–Crippen MR) is 132 cm³/mol. The maximum atomic E-state index is 11.6. The van der Waals surface area contributed by atoms with Crippen molar-refractivity contribution in [3.8, 4) is 11.5 Å². The highest BCUT2D eigenvalue weighted by Crippen LogP contribution is 2.34. The van der Waals surface area contributed by atoms with Crippen molar-refractivity contribution in [2.24, 2.45) is 11.5 Å². The second-order valence-corrected chi connectivity index (χ2v) is 7.00. The highest BCUT2D eigenvalue weighted by molar-refractivity contribution is 5.97. The number of hydrogen-bond acceptors (Lipinski definition) is 8. The molecule has 10 nitrogen and oxygen atoms in total. The Hall–Kier alpha value is -4.34. The molecule has 10 N–H and O–H groups in total. The number of anilines is 4. The third kappa shape index (κ3) is 6.82. The maximum Gasteiger partial charge on any atom is 0.248 e. The third-order valence-electron chi connectivity index (χ3n) is 4.48. The predicted octanol–water partition coefficient (Wildman–Crippen LogP) is 2.09. The Balaban J connectivity index is 2.08. The fourth-order valence-electron chi connectivity index (χ4n) is 2.94. The minimum Gasteiger partial charge on any atom is -0.491 e. The molecule has 0 aliphatic heterocycles. The van der Waals surface area contributed by atoms with E-state index in [2.05, 4.69) is 23.8 Å². The van der Waals surface area contributed by atoms with Gasteiger partial charge in [0.15, 0.2) is 0 Å². The number of nitrogens with two attached hydrogens (primary N) is 4. The molecular weight excluding hydrogens is 424 g/mol. The molecule has 0 spiro atoms. The van der Waals surface area contributed by atoms with E-state index in [1.807, 2.05) is 0 Å². The van der Waals surface area contributed by atoms with Crippen molar-refractivity contribution in [1.29, 1.82) is 0 Å². The van der Waals surface area contributed by atoms with Gasteiger partial charge in [0.05, 0.1) is 24.6 Å². The van der Waals surface area contributed by atoms with Crippen molar-refractivity contribution in [1.82, 2.24) is 0 Å². The summed E-state index contributed by atoms with van der Waals surface area (Å²) in [5.41, 5.74) is 25.0. The number of benzene rings is 2. The summed E-state index contributed by atoms with van der Waals surface area (Å²) in [6, 6.07) is 6.02. The summed E-state index contributed by atoms with van der Waals surface area (Å²) in [7, 11) is 0. The van der Waals surface area contributed by atoms with Gasteiger partial charge in [0.2, 0.25) is 11.8 Å². The normalized spacial score (nSPS) is 10.2. The lowest BCUT2D eigenvalue weighted by atomic mass is 10.1. The number of ether oxygens (including phenoxy) is 2. The number of nitrogen functional groups attached to an aromatic ring is 2. The lowest BCUT2D eigenvalue weighted by Crippen LogP contribution is -2.15. The molecule has 10 heteroatoms. The highest BCUT2D eigenvalue weighted by Gasteiger charge is 2.14. The maximum absolute atomic E-state index is 11.6. The third-order valence-corrected chi connectivity index (χ3v) is 4.48. The number of nitrogens with one attached hydrogen (secondary N) is 2. The number of rotatable bonds is 14. The Morgan fingerprint density at radius 2 is 1.18 bits per heavy atom. The van der Waals surface area contributed by atoms with Crippen LogP contribution in [-0.2, 0) is 0 Å². The fourth-order valence-corrected chi connectivity index (χ4v) is 2.94. The molecule has 0 unspecified atom stereocenters. The zero-order valence-electron chi connectivity index (χ0n) is 18.4. The van der Waals surface area contributed by atoms with Gasteiger partial charge in [-0.05, 0) is 24.3 Å². The molecule has 0 saturated carbocycles. The largest absolute Gasteiger partial charge is 0.491 e. The molecule has 0 bridgehead atoms. The van der Waals surface area contributed by atoms with Crippen LogP contribution in [0.3, 0.4) is 0 Å². The van der Waals surface area contributed by atoms with Crippen LogP contribution in [0.4, 0.5) is 22.7 Å². The van der Waals surface area contributed by atoms with Crippen molar-refractivity contribution >= 4 is 34.6 Å². The summed E-state index contributed by atoms with van der Waals surface area (Å²) in [5.74, 6) is -0.453. The Kier molecular flexibility index (Phi) is 8.98. The molecule has 0 heterocycles. The topological polar surface area (TPSA) is 181 Å². The summed E-state index contributed by atoms with van der Waals surface area (Å²) >= 11 is 0. The van der Waals surface area contributed by atoms with Gasteiger partial charge in [-0.1, -0.05) is 12.2 Å². The van der Waals surface area contributed by atoms with Crippen LogP contribution in [0, 0.1) is 0 Å². The molecular formula is C23H30N6O4. The zero-order valence-corrected chi connectivity index (χ0v) is 18.4. The van der Waals surface area contributed by atoms with E-state index < -0.39 is 11.8 Å². The van der Waals surface area contributed by atoms with Gasteiger partial charge in [0, 0.05) is 30.6 Å². The molecule has 0 aliphatic rings. The first-order chi connectivity index (χ1) is 15.8. The SMILES string of the molecule is C=CCNc1c(N)cc(C(N)=O)cc1OCCCOc1cc(C(N)=O)cc(N)c1NCC=C. The minimum absolute atomic E-state index is 0.236. The highest BCUT2D eigenvalue weighted by atomic mass is 16.5. The first-order valence-electron chi connectivity index (χ1n) is 10.2. The zero-order chi connectivity index (χ0) is 24.4. The van der Waals surface area contributed by atoms with Crippen molar-refractivity contribution in [2.45, 2.75) is 6.42 Å². The van der Waals surface area contributed by atoms with Crippen LogP contribution in [0.25, 0.3) is 0 Å². The first kappa shape index (κ1) is 24.9. The Morgan fingerprint density at radius 1 is 0.788 bits per heavy atom. The molecule has 2 aromatic rings. The van der Waals surface area contributed by atoms with E-state index in [0.717, 1.165) is 0 Å². The van der Waals surface area contributed by atoms with E-state index in [1.54, 1.807) is 12.2 Å². The summed E-state index contributed by atoms with van der Waals surface area (Å²) in [6.07, 6.45) is 3.81. The smallest absolute Gasteiger partial charge is 0.248 e. The van der Waals surface area contributed by atoms with E-state index in [9.17, 15) is 9.59 Å². The second kappa shape index (κ2) is 11.9. The molecule has 0 aromatic heterocycles. The molecule has 0 aliphatic carbocycles. The van der Waals surface area contributed by atoms with Gasteiger partial charge in [0.25, 0.3) is 0 Å². The standard InChI is InChI=1S/C23H30N6O4/c1-3-6-28-20-16(24)10-14(22(26)30)12-18(20)32-8-5-9-33-19-13-15(23(27)31)11-17(25)21(19)29-7-4-2/h3-4,10-13,28-29H,1-2,5-9,24-25H2,(H2,26,30)(H2,27,31). The Morgan fingerprint density at radius 3 is 1.52 bits per heavy atom. The summed E-state index contributed by atoms with van der Waals surface area (Å²) < 4.78 is 11.7. The molecule has 33 heavy (non-hydrogen) atoms. The van der Waals surface area contributed by atoms with E-state index >= 15 is 0 Å². The number of carbonyl (C=O) groups is 2. The monoisotopic (exact) mass is 454 g/mol. The molecule has 0 saturated heterocycles. The number of amides is 2. The van der Waals surface area contributed by atoms with E-state index in [4.69, 9.17) is 32.4 Å². The molecule has 0 radical (unpaired) electrons. The van der Waals surface area contributed by atoms with Crippen LogP contribution in [0.15, 0.2) is 49.6 Å². The first-order valence-corrected chi connectivity index (χ1v) is 10.2. The summed E-state index contributed by atoms with van der Waals surface area (Å²) in [4.78, 5) is 23.1. The molecule has 2 rings (SSSR count). The van der Waals surface area contributed by atoms with Gasteiger partial charge in [-0.15, -0.1) is 13.2 Å². The quantitative estimate of drug-likeness (QED) is 0.142. The van der Waals surface area contributed by atoms with Gasteiger partial charge >= 0.3 is 0 Å². The van der Waals surface area contributed by atoms with Crippen LogP contribution in [0.1, 0.15) is 27.1 Å². The number of carbonyl (C=O) groups excluding carboxylic acids is 2. The van der Waals surface area contributed by atoms with E-state index in [-0.39, 0.29) is 24.3 Å². The lowest BCUT2D eigenvalue weighted by molar-refractivity contribution is 0.0991. The van der Waals surface area contributed by atoms with E-state index in [1.165, 1.54) is 24.3 Å². The van der Waals surface area contributed by atoms with Gasteiger partial charge in [-0.2, -0.15) is 0 Å². The van der Waals surface area contributed by atoms with Crippen molar-refractivity contribution < 1.29 is 19.1 Å². The van der Waals surface area contributed by atoms with Crippen LogP contribution < -0.4 is 43.0 Å². The minimum atomic E-state index is -0.614. The lowest BCUT2D eigenvalue weighted by Gasteiger charge is -2.17. The van der Waals surface area contributed by atoms with Gasteiger partial charge in [-0.25, -0.2) is 0 Å². The Labute approximate surface area is 192 Å². The van der Waals surface area contributed by atoms with Gasteiger partial charge < -0.3 is 43.0 Å². The van der Waals surface area contributed by atoms with Crippen molar-refractivity contribution in [2.75, 3.05) is 48.4 Å². The second-order valence-electron chi connectivity index (χ2n) is 7.00. The Bertz CT molecular complexity index is 957. The van der Waals surface area contributed by atoms with Crippen LogP contribution in [-0.4, -0.2) is 38.1 Å². The van der Waals surface area contributed by atoms with Crippen LogP contribution in [0.5, 0.6) is 11.5 Å². The summed E-state index contributed by atoms with van der Waals surface area (Å²) in [5, 5.41) is 6.18. The number of primary amides is 2. The van der Waals surface area contributed by atoms with Gasteiger partial charge in [0.1, 0.15) is 22.9 Å². The molecule has 0 fully saturated rings. The fraction of sp³-hybridized carbons (Fsp3) is 0.217. The van der Waals surface area contributed by atoms with Crippen LogP contribution in [0.2, 0.25) is 0 Å². The molecule has 2 aromatic carbocycles. The van der Waals surface area contributed by atoms with Crippen molar-refractivity contribution in [3.63, 3.8) is 0 Å². The van der Waals surface area contributed by atoms with Crippen LogP contribution >= 0.6 is 0 Å². The molecule has 0 atom stereocenters. The average molecular weight is 455 g/mol. The molecule has 2 amide bonds. The van der Waals surface area contributed by atoms with Gasteiger partial charge in [-0.3, -0.25) is 9.59 Å². The molecule has 176 valence electrons. The number of hydrogen-bond donors (Lipinski definition) is 6. The average Bonchev–Trinajstić information content (AvgIpc) is 2.77.